The summed E-state index contributed by atoms with van der Waals surface area (Å²) in [6.45, 7) is 0. The van der Waals surface area contributed by atoms with Gasteiger partial charge in [0.1, 0.15) is 5.82 Å². The molecule has 5 heteroatoms. The van der Waals surface area contributed by atoms with E-state index in [9.17, 15) is 4.39 Å². The number of halogens is 4. The van der Waals surface area contributed by atoms with Gasteiger partial charge in [0, 0.05) is 20.6 Å². The predicted molar refractivity (Wildman–Crippen MR) is 85.9 cm³/mol. The van der Waals surface area contributed by atoms with Gasteiger partial charge in [0.05, 0.1) is 0 Å². The van der Waals surface area contributed by atoms with Crippen molar-refractivity contribution in [2.24, 2.45) is 5.73 Å². The first-order valence-corrected chi connectivity index (χ1v) is 7.64. The highest BCUT2D eigenvalue weighted by Gasteiger charge is 2.13. The Balaban J connectivity index is 2.13. The Morgan fingerprint density at radius 1 is 1.10 bits per heavy atom. The van der Waals surface area contributed by atoms with Crippen LogP contribution in [0.25, 0.3) is 0 Å². The van der Waals surface area contributed by atoms with E-state index in [-0.39, 0.29) is 11.9 Å². The topological polar surface area (TPSA) is 26.0 Å². The molecule has 0 bridgehead atoms. The van der Waals surface area contributed by atoms with E-state index in [1.54, 1.807) is 30.3 Å². The van der Waals surface area contributed by atoms with Crippen LogP contribution in [-0.2, 0) is 12.8 Å². The lowest BCUT2D eigenvalue weighted by Crippen LogP contribution is -2.26. The van der Waals surface area contributed by atoms with Gasteiger partial charge in [-0.3, -0.25) is 0 Å². The summed E-state index contributed by atoms with van der Waals surface area (Å²) in [6, 6.07) is 9.90. The summed E-state index contributed by atoms with van der Waals surface area (Å²) in [6.07, 6.45) is 0.928. The van der Waals surface area contributed by atoms with Crippen LogP contribution in [0.5, 0.6) is 0 Å². The first-order valence-electron chi connectivity index (χ1n) is 6.09. The maximum absolute atomic E-state index is 13.7. The Hall–Kier alpha value is -0.610. The Labute approximate surface area is 136 Å². The van der Waals surface area contributed by atoms with E-state index >= 15 is 0 Å². The Morgan fingerprint density at radius 2 is 1.75 bits per heavy atom. The largest absolute Gasteiger partial charge is 0.327 e. The first kappa shape index (κ1) is 15.8. The molecule has 0 heterocycles. The fraction of sp³-hybridized carbons (Fsp3) is 0.200. The van der Waals surface area contributed by atoms with Crippen LogP contribution in [0.2, 0.25) is 10.0 Å². The minimum atomic E-state index is -0.256. The maximum Gasteiger partial charge on any atom is 0.126 e. The van der Waals surface area contributed by atoms with E-state index in [4.69, 9.17) is 28.9 Å². The molecule has 0 radical (unpaired) electrons. The summed E-state index contributed by atoms with van der Waals surface area (Å²) < 4.78 is 14.5. The van der Waals surface area contributed by atoms with Gasteiger partial charge in [0.15, 0.2) is 0 Å². The summed E-state index contributed by atoms with van der Waals surface area (Å²) in [5.41, 5.74) is 7.48. The second-order valence-electron chi connectivity index (χ2n) is 4.60. The normalized spacial score (nSPS) is 12.4. The highest BCUT2D eigenvalue weighted by atomic mass is 79.9. The molecule has 1 atom stereocenters. The van der Waals surface area contributed by atoms with E-state index in [0.29, 0.717) is 28.5 Å². The summed E-state index contributed by atoms with van der Waals surface area (Å²) in [5.74, 6) is -0.256. The number of benzene rings is 2. The van der Waals surface area contributed by atoms with Gasteiger partial charge in [0.25, 0.3) is 0 Å². The van der Waals surface area contributed by atoms with Crippen LogP contribution in [-0.4, -0.2) is 6.04 Å². The Morgan fingerprint density at radius 3 is 2.40 bits per heavy atom. The average Bonchev–Trinajstić information content (AvgIpc) is 2.38. The summed E-state index contributed by atoms with van der Waals surface area (Å²) in [7, 11) is 0. The lowest BCUT2D eigenvalue weighted by Gasteiger charge is -2.14. The van der Waals surface area contributed by atoms with E-state index in [1.165, 1.54) is 6.07 Å². The van der Waals surface area contributed by atoms with Crippen LogP contribution in [0.3, 0.4) is 0 Å². The number of rotatable bonds is 4. The zero-order valence-corrected chi connectivity index (χ0v) is 13.6. The third kappa shape index (κ3) is 3.95. The molecule has 2 rings (SSSR count). The fourth-order valence-corrected chi connectivity index (χ4v) is 3.00. The van der Waals surface area contributed by atoms with E-state index in [2.05, 4.69) is 15.9 Å². The standard InChI is InChI=1S/C15H13BrCl2FN/c16-10-4-5-15(19)9(6-10)7-11(20)8-12-13(17)2-1-3-14(12)18/h1-6,11H,7-8,20H2. The van der Waals surface area contributed by atoms with Crippen LogP contribution in [0.15, 0.2) is 40.9 Å². The second-order valence-corrected chi connectivity index (χ2v) is 6.33. The van der Waals surface area contributed by atoms with Crippen LogP contribution in [0.4, 0.5) is 4.39 Å². The molecule has 0 aliphatic rings. The van der Waals surface area contributed by atoms with Gasteiger partial charge >= 0.3 is 0 Å². The number of nitrogens with two attached hydrogens (primary N) is 1. The van der Waals surface area contributed by atoms with Gasteiger partial charge in [-0.15, -0.1) is 0 Å². The van der Waals surface area contributed by atoms with Gasteiger partial charge in [-0.05, 0) is 54.3 Å². The van der Waals surface area contributed by atoms with Crippen molar-refractivity contribution in [2.45, 2.75) is 18.9 Å². The molecule has 0 fully saturated rings. The zero-order chi connectivity index (χ0) is 14.7. The molecule has 1 nitrogen and oxygen atoms in total. The predicted octanol–water partition coefficient (Wildman–Crippen LogP) is 5.01. The van der Waals surface area contributed by atoms with Crippen LogP contribution in [0, 0.1) is 5.82 Å². The molecule has 0 aromatic heterocycles. The van der Waals surface area contributed by atoms with Crippen molar-refractivity contribution < 1.29 is 4.39 Å². The summed E-state index contributed by atoms with van der Waals surface area (Å²) >= 11 is 15.5. The van der Waals surface area contributed by atoms with Crippen molar-refractivity contribution in [2.75, 3.05) is 0 Å². The number of hydrogen-bond acceptors (Lipinski definition) is 1. The molecule has 2 aromatic carbocycles. The quantitative estimate of drug-likeness (QED) is 0.797. The first-order chi connectivity index (χ1) is 9.47. The highest BCUT2D eigenvalue weighted by Crippen LogP contribution is 2.26. The molecule has 2 N–H and O–H groups in total. The third-order valence-electron chi connectivity index (χ3n) is 3.02. The molecule has 0 aliphatic heterocycles. The average molecular weight is 377 g/mol. The molecule has 1 unspecified atom stereocenters. The minimum Gasteiger partial charge on any atom is -0.327 e. The molecular weight excluding hydrogens is 364 g/mol. The molecule has 0 amide bonds. The number of hydrogen-bond donors (Lipinski definition) is 1. The van der Waals surface area contributed by atoms with Crippen molar-refractivity contribution in [3.63, 3.8) is 0 Å². The van der Waals surface area contributed by atoms with Crippen LogP contribution < -0.4 is 5.73 Å². The van der Waals surface area contributed by atoms with Crippen LogP contribution >= 0.6 is 39.1 Å². The maximum atomic E-state index is 13.7. The van der Waals surface area contributed by atoms with E-state index in [0.717, 1.165) is 10.0 Å². The molecule has 106 valence electrons. The molecule has 0 saturated heterocycles. The molecule has 0 saturated carbocycles. The zero-order valence-electron chi connectivity index (χ0n) is 10.5. The molecule has 0 spiro atoms. The van der Waals surface area contributed by atoms with Crippen molar-refractivity contribution in [3.05, 3.63) is 67.9 Å². The van der Waals surface area contributed by atoms with E-state index < -0.39 is 0 Å². The van der Waals surface area contributed by atoms with Crippen molar-refractivity contribution in [1.29, 1.82) is 0 Å². The summed E-state index contributed by atoms with van der Waals surface area (Å²) in [5, 5.41) is 1.17. The van der Waals surface area contributed by atoms with Gasteiger partial charge < -0.3 is 5.73 Å². The van der Waals surface area contributed by atoms with Gasteiger partial charge in [-0.25, -0.2) is 4.39 Å². The summed E-state index contributed by atoms with van der Waals surface area (Å²) in [4.78, 5) is 0. The van der Waals surface area contributed by atoms with Crippen molar-refractivity contribution in [3.8, 4) is 0 Å². The lowest BCUT2D eigenvalue weighted by atomic mass is 9.99. The van der Waals surface area contributed by atoms with Gasteiger partial charge in [-0.2, -0.15) is 0 Å². The lowest BCUT2D eigenvalue weighted by molar-refractivity contribution is 0.583. The Kier molecular flexibility index (Phi) is 5.44. The van der Waals surface area contributed by atoms with Crippen LogP contribution in [0.1, 0.15) is 11.1 Å². The van der Waals surface area contributed by atoms with Gasteiger partial charge in [0.2, 0.25) is 0 Å². The molecule has 2 aromatic rings. The monoisotopic (exact) mass is 375 g/mol. The van der Waals surface area contributed by atoms with E-state index in [1.807, 2.05) is 0 Å². The van der Waals surface area contributed by atoms with Crippen molar-refractivity contribution >= 4 is 39.1 Å². The molecule has 0 aliphatic carbocycles. The smallest absolute Gasteiger partial charge is 0.126 e. The third-order valence-corrected chi connectivity index (χ3v) is 4.22. The Bertz CT molecular complexity index is 599. The molecule has 20 heavy (non-hydrogen) atoms. The second kappa shape index (κ2) is 6.90. The minimum absolute atomic E-state index is 0.254. The highest BCUT2D eigenvalue weighted by molar-refractivity contribution is 9.10. The van der Waals surface area contributed by atoms with Crippen molar-refractivity contribution in [1.82, 2.24) is 0 Å². The fourth-order valence-electron chi connectivity index (χ4n) is 2.04. The SMILES string of the molecule is NC(Cc1cc(Br)ccc1F)Cc1c(Cl)cccc1Cl. The molecular formula is C15H13BrCl2FN. The van der Waals surface area contributed by atoms with Gasteiger partial charge in [-0.1, -0.05) is 45.2 Å².